The molecule has 0 bridgehead atoms. The smallest absolute Gasteiger partial charge is 0.243 e. The molecule has 1 aliphatic rings. The minimum atomic E-state index is -3.44. The molecule has 4 rings (SSSR count). The Kier molecular flexibility index (Phi) is 4.80. The van der Waals surface area contributed by atoms with Crippen molar-refractivity contribution in [1.82, 2.24) is 14.3 Å². The number of benzene rings is 1. The second kappa shape index (κ2) is 7.25. The molecule has 0 amide bonds. The number of ketones is 1. The molecule has 27 heavy (non-hydrogen) atoms. The van der Waals surface area contributed by atoms with Gasteiger partial charge in [-0.25, -0.2) is 8.42 Å². The summed E-state index contributed by atoms with van der Waals surface area (Å²) in [6.07, 6.45) is 6.50. The largest absolute Gasteiger partial charge is 0.352 e. The van der Waals surface area contributed by atoms with Crippen LogP contribution in [0.1, 0.15) is 35.3 Å². The highest BCUT2D eigenvalue weighted by molar-refractivity contribution is 7.89. The van der Waals surface area contributed by atoms with E-state index < -0.39 is 10.0 Å². The number of fused-ring (bicyclic) bond motifs is 1. The molecule has 1 aliphatic heterocycles. The molecule has 0 spiro atoms. The van der Waals surface area contributed by atoms with Crippen molar-refractivity contribution in [2.75, 3.05) is 13.1 Å². The van der Waals surface area contributed by atoms with Crippen molar-refractivity contribution in [1.29, 1.82) is 0 Å². The standard InChI is InChI=1S/C20H21N3O3S/c24-20(19-13-16-14-21-9-8-18(16)22-19)12-15-4-6-17(7-5-15)27(25,26)23-10-2-1-3-11-23/h4-9,13-14,22H,1-3,10-12H2. The molecular formula is C20H21N3O3S. The van der Waals surface area contributed by atoms with E-state index in [4.69, 9.17) is 0 Å². The van der Waals surface area contributed by atoms with Gasteiger partial charge in [-0.1, -0.05) is 18.6 Å². The zero-order valence-electron chi connectivity index (χ0n) is 14.9. The number of piperidine rings is 1. The molecule has 140 valence electrons. The van der Waals surface area contributed by atoms with Crippen LogP contribution in [0, 0.1) is 0 Å². The van der Waals surface area contributed by atoms with Gasteiger partial charge in [-0.2, -0.15) is 4.31 Å². The first-order valence-corrected chi connectivity index (χ1v) is 10.5. The number of carbonyl (C=O) groups is 1. The summed E-state index contributed by atoms with van der Waals surface area (Å²) in [5.74, 6) is -0.0437. The molecule has 1 fully saturated rings. The fourth-order valence-electron chi connectivity index (χ4n) is 3.44. The van der Waals surface area contributed by atoms with Crippen LogP contribution in [0.4, 0.5) is 0 Å². The molecule has 3 heterocycles. The highest BCUT2D eigenvalue weighted by Crippen LogP contribution is 2.21. The Morgan fingerprint density at radius 3 is 2.52 bits per heavy atom. The number of hydrogen-bond donors (Lipinski definition) is 1. The Hall–Kier alpha value is -2.51. The molecule has 3 aromatic rings. The van der Waals surface area contributed by atoms with E-state index >= 15 is 0 Å². The zero-order chi connectivity index (χ0) is 18.9. The normalized spacial score (nSPS) is 15.9. The predicted molar refractivity (Wildman–Crippen MR) is 103 cm³/mol. The molecule has 0 unspecified atom stereocenters. The molecular weight excluding hydrogens is 362 g/mol. The van der Waals surface area contributed by atoms with Crippen LogP contribution in [0.15, 0.2) is 53.7 Å². The molecule has 7 heteroatoms. The third kappa shape index (κ3) is 3.65. The number of H-pyrrole nitrogens is 1. The number of nitrogens with one attached hydrogen (secondary N) is 1. The number of sulfonamides is 1. The summed E-state index contributed by atoms with van der Waals surface area (Å²) in [5, 5.41) is 0.892. The van der Waals surface area contributed by atoms with E-state index in [-0.39, 0.29) is 17.1 Å². The van der Waals surface area contributed by atoms with Crippen LogP contribution >= 0.6 is 0 Å². The van der Waals surface area contributed by atoms with Crippen molar-refractivity contribution in [2.24, 2.45) is 0 Å². The number of rotatable bonds is 5. The summed E-state index contributed by atoms with van der Waals surface area (Å²) < 4.78 is 26.9. The van der Waals surface area contributed by atoms with Gasteiger partial charge < -0.3 is 4.98 Å². The molecule has 2 aromatic heterocycles. The number of carbonyl (C=O) groups excluding carboxylic acids is 1. The third-order valence-electron chi connectivity index (χ3n) is 4.96. The Balaban J connectivity index is 1.49. The highest BCUT2D eigenvalue weighted by Gasteiger charge is 2.25. The summed E-state index contributed by atoms with van der Waals surface area (Å²) in [4.78, 5) is 20.0. The lowest BCUT2D eigenvalue weighted by Crippen LogP contribution is -2.35. The molecule has 0 radical (unpaired) electrons. The summed E-state index contributed by atoms with van der Waals surface area (Å²) in [7, 11) is -3.44. The maximum absolute atomic E-state index is 12.7. The summed E-state index contributed by atoms with van der Waals surface area (Å²) in [5.41, 5.74) is 2.19. The Morgan fingerprint density at radius 1 is 1.07 bits per heavy atom. The number of aromatic nitrogens is 2. The van der Waals surface area contributed by atoms with E-state index in [2.05, 4.69) is 9.97 Å². The van der Waals surface area contributed by atoms with E-state index in [0.29, 0.717) is 18.8 Å². The monoisotopic (exact) mass is 383 g/mol. The highest BCUT2D eigenvalue weighted by atomic mass is 32.2. The second-order valence-corrected chi connectivity index (χ2v) is 8.79. The zero-order valence-corrected chi connectivity index (χ0v) is 15.7. The fourth-order valence-corrected chi connectivity index (χ4v) is 4.95. The van der Waals surface area contributed by atoms with Crippen molar-refractivity contribution in [2.45, 2.75) is 30.6 Å². The molecule has 0 saturated carbocycles. The maximum atomic E-state index is 12.7. The molecule has 0 atom stereocenters. The number of aromatic amines is 1. The van der Waals surface area contributed by atoms with Gasteiger partial charge in [0.1, 0.15) is 0 Å². The van der Waals surface area contributed by atoms with Gasteiger partial charge in [0.2, 0.25) is 10.0 Å². The van der Waals surface area contributed by atoms with Crippen molar-refractivity contribution in [3.05, 3.63) is 60.0 Å². The number of Topliss-reactive ketones (excluding diaryl/α,β-unsaturated/α-hetero) is 1. The molecule has 1 N–H and O–H groups in total. The lowest BCUT2D eigenvalue weighted by atomic mass is 10.1. The van der Waals surface area contributed by atoms with Gasteiger partial charge >= 0.3 is 0 Å². The minimum absolute atomic E-state index is 0.0437. The van der Waals surface area contributed by atoms with E-state index in [1.807, 2.05) is 6.07 Å². The molecule has 0 aliphatic carbocycles. The molecule has 1 aromatic carbocycles. The van der Waals surface area contributed by atoms with Crippen molar-refractivity contribution in [3.8, 4) is 0 Å². The van der Waals surface area contributed by atoms with Gasteiger partial charge in [0.25, 0.3) is 0 Å². The third-order valence-corrected chi connectivity index (χ3v) is 6.88. The van der Waals surface area contributed by atoms with E-state index in [0.717, 1.165) is 35.7 Å². The first-order chi connectivity index (χ1) is 13.0. The lowest BCUT2D eigenvalue weighted by Gasteiger charge is -2.25. The SMILES string of the molecule is O=C(Cc1ccc(S(=O)(=O)N2CCCCC2)cc1)c1cc2cnccc2[nH]1. The van der Waals surface area contributed by atoms with Crippen LogP contribution in [0.5, 0.6) is 0 Å². The average molecular weight is 383 g/mol. The van der Waals surface area contributed by atoms with Gasteiger partial charge in [0.05, 0.1) is 10.6 Å². The van der Waals surface area contributed by atoms with E-state index in [1.54, 1.807) is 47.0 Å². The first kappa shape index (κ1) is 17.9. The predicted octanol–water partition coefficient (Wildman–Crippen LogP) is 3.16. The first-order valence-electron chi connectivity index (χ1n) is 9.09. The van der Waals surface area contributed by atoms with Crippen molar-refractivity contribution in [3.63, 3.8) is 0 Å². The summed E-state index contributed by atoms with van der Waals surface area (Å²) in [6.45, 7) is 1.16. The van der Waals surface area contributed by atoms with Crippen molar-refractivity contribution >= 4 is 26.7 Å². The molecule has 6 nitrogen and oxygen atoms in total. The minimum Gasteiger partial charge on any atom is -0.352 e. The maximum Gasteiger partial charge on any atom is 0.243 e. The number of pyridine rings is 1. The quantitative estimate of drug-likeness (QED) is 0.686. The lowest BCUT2D eigenvalue weighted by molar-refractivity contribution is 0.0989. The van der Waals surface area contributed by atoms with Crippen LogP contribution < -0.4 is 0 Å². The summed E-state index contributed by atoms with van der Waals surface area (Å²) >= 11 is 0. The van der Waals surface area contributed by atoms with Crippen molar-refractivity contribution < 1.29 is 13.2 Å². The fraction of sp³-hybridized carbons (Fsp3) is 0.300. The van der Waals surface area contributed by atoms with Crippen LogP contribution in [0.25, 0.3) is 10.9 Å². The van der Waals surface area contributed by atoms with E-state index in [9.17, 15) is 13.2 Å². The molecule has 1 saturated heterocycles. The van der Waals surface area contributed by atoms with Crippen LogP contribution in [0.2, 0.25) is 0 Å². The van der Waals surface area contributed by atoms with Gasteiger partial charge in [-0.15, -0.1) is 0 Å². The van der Waals surface area contributed by atoms with Crippen LogP contribution in [0.3, 0.4) is 0 Å². The average Bonchev–Trinajstić information content (AvgIpc) is 3.13. The van der Waals surface area contributed by atoms with Gasteiger partial charge in [0.15, 0.2) is 5.78 Å². The summed E-state index contributed by atoms with van der Waals surface area (Å²) in [6, 6.07) is 10.3. The second-order valence-electron chi connectivity index (χ2n) is 6.85. The van der Waals surface area contributed by atoms with Gasteiger partial charge in [-0.3, -0.25) is 9.78 Å². The Morgan fingerprint density at radius 2 is 1.81 bits per heavy atom. The van der Waals surface area contributed by atoms with Gasteiger partial charge in [0, 0.05) is 42.8 Å². The topological polar surface area (TPSA) is 83.1 Å². The van der Waals surface area contributed by atoms with Crippen LogP contribution in [-0.4, -0.2) is 41.6 Å². The number of nitrogens with zero attached hydrogens (tertiary/aromatic N) is 2. The Labute approximate surface area is 158 Å². The van der Waals surface area contributed by atoms with E-state index in [1.165, 1.54) is 0 Å². The number of hydrogen-bond acceptors (Lipinski definition) is 4. The Bertz CT molecular complexity index is 1030. The van der Waals surface area contributed by atoms with Crippen LogP contribution in [-0.2, 0) is 16.4 Å². The van der Waals surface area contributed by atoms with Gasteiger partial charge in [-0.05, 0) is 42.7 Å².